The molecule has 0 fully saturated rings. The van der Waals surface area contributed by atoms with Gasteiger partial charge in [0, 0.05) is 38.0 Å². The first-order chi connectivity index (χ1) is 17.1. The molecule has 0 saturated heterocycles. The van der Waals surface area contributed by atoms with Crippen LogP contribution in [0.4, 0.5) is 0 Å². The van der Waals surface area contributed by atoms with E-state index in [0.29, 0.717) is 12.8 Å². The maximum absolute atomic E-state index is 13.2. The average Bonchev–Trinajstić information content (AvgIpc) is 3.49. The van der Waals surface area contributed by atoms with Crippen LogP contribution in [-0.2, 0) is 18.3 Å². The Morgan fingerprint density at radius 3 is 2.46 bits per heavy atom. The number of amides is 1. The van der Waals surface area contributed by atoms with Gasteiger partial charge in [0.15, 0.2) is 0 Å². The Balaban J connectivity index is 1.39. The predicted molar refractivity (Wildman–Crippen MR) is 136 cm³/mol. The number of carbonyl (C=O) groups excluding carboxylic acids is 1. The largest absolute Gasteiger partial charge is 0.497 e. The molecular weight excluding hydrogens is 438 g/mol. The molecule has 0 bridgehead atoms. The first kappa shape index (κ1) is 22.4. The van der Waals surface area contributed by atoms with Crippen LogP contribution >= 0.6 is 0 Å². The number of nitrogens with one attached hydrogen (secondary N) is 1. The van der Waals surface area contributed by atoms with Gasteiger partial charge in [0.2, 0.25) is 5.91 Å². The van der Waals surface area contributed by atoms with Gasteiger partial charge in [0.25, 0.3) is 0 Å². The van der Waals surface area contributed by atoms with Crippen molar-refractivity contribution in [3.8, 4) is 11.4 Å². The number of aromatic nitrogens is 4. The molecule has 2 heterocycles. The summed E-state index contributed by atoms with van der Waals surface area (Å²) < 4.78 is 9.34. The molecule has 3 aromatic carbocycles. The highest BCUT2D eigenvalue weighted by Crippen LogP contribution is 2.25. The highest BCUT2D eigenvalue weighted by molar-refractivity contribution is 5.79. The third kappa shape index (κ3) is 4.66. The van der Waals surface area contributed by atoms with E-state index in [9.17, 15) is 4.79 Å². The van der Waals surface area contributed by atoms with Gasteiger partial charge in [-0.25, -0.2) is 9.97 Å². The number of rotatable bonds is 8. The molecule has 0 radical (unpaired) electrons. The molecule has 1 N–H and O–H groups in total. The van der Waals surface area contributed by atoms with Gasteiger partial charge in [0.05, 0.1) is 18.1 Å². The number of nitrogens with zero attached hydrogens (tertiary/aromatic N) is 4. The highest BCUT2D eigenvalue weighted by Gasteiger charge is 2.21. The van der Waals surface area contributed by atoms with E-state index in [0.717, 1.165) is 39.7 Å². The summed E-state index contributed by atoms with van der Waals surface area (Å²) in [5.74, 6) is 2.31. The molecule has 0 saturated carbocycles. The lowest BCUT2D eigenvalue weighted by Gasteiger charge is -2.19. The summed E-state index contributed by atoms with van der Waals surface area (Å²) in [7, 11) is 3.56. The minimum atomic E-state index is -0.374. The number of fused-ring (bicyclic) bond motifs is 1. The van der Waals surface area contributed by atoms with E-state index in [2.05, 4.69) is 33.1 Å². The van der Waals surface area contributed by atoms with Crippen molar-refractivity contribution in [3.63, 3.8) is 0 Å². The number of carbonyl (C=O) groups is 1. The Hall–Kier alpha value is -4.39. The number of hydrogen-bond donors (Lipinski definition) is 1. The number of benzene rings is 3. The first-order valence-electron chi connectivity index (χ1n) is 11.6. The van der Waals surface area contributed by atoms with Crippen LogP contribution in [0.5, 0.6) is 5.75 Å². The summed E-state index contributed by atoms with van der Waals surface area (Å²) in [6.45, 7) is 0. The van der Waals surface area contributed by atoms with Gasteiger partial charge in [-0.3, -0.25) is 9.36 Å². The monoisotopic (exact) mass is 465 g/mol. The molecular formula is C28H27N5O2. The zero-order chi connectivity index (χ0) is 24.2. The Morgan fingerprint density at radius 2 is 1.74 bits per heavy atom. The van der Waals surface area contributed by atoms with E-state index in [1.807, 2.05) is 78.5 Å². The average molecular weight is 466 g/mol. The highest BCUT2D eigenvalue weighted by atomic mass is 16.5. The van der Waals surface area contributed by atoms with E-state index >= 15 is 0 Å². The smallest absolute Gasteiger partial charge is 0.221 e. The van der Waals surface area contributed by atoms with Gasteiger partial charge in [-0.15, -0.1) is 0 Å². The molecule has 7 nitrogen and oxygen atoms in total. The van der Waals surface area contributed by atoms with Crippen LogP contribution in [0.25, 0.3) is 16.7 Å². The van der Waals surface area contributed by atoms with Gasteiger partial charge in [0.1, 0.15) is 23.4 Å². The Bertz CT molecular complexity index is 1440. The lowest BCUT2D eigenvalue weighted by Crippen LogP contribution is -2.31. The number of aryl methyl sites for hydroxylation is 2. The minimum absolute atomic E-state index is 0.0690. The summed E-state index contributed by atoms with van der Waals surface area (Å²) >= 11 is 0. The topological polar surface area (TPSA) is 74.0 Å². The fourth-order valence-corrected chi connectivity index (χ4v) is 4.32. The van der Waals surface area contributed by atoms with Crippen LogP contribution in [-0.4, -0.2) is 32.1 Å². The summed E-state index contributed by atoms with van der Waals surface area (Å²) in [5.41, 5.74) is 3.90. The van der Waals surface area contributed by atoms with Gasteiger partial charge in [-0.1, -0.05) is 42.5 Å². The molecule has 0 aliphatic carbocycles. The number of hydrogen-bond acceptors (Lipinski definition) is 4. The normalized spacial score (nSPS) is 11.9. The molecule has 0 spiro atoms. The fourth-order valence-electron chi connectivity index (χ4n) is 4.32. The van der Waals surface area contributed by atoms with Gasteiger partial charge in [-0.2, -0.15) is 0 Å². The van der Waals surface area contributed by atoms with Crippen molar-refractivity contribution < 1.29 is 9.53 Å². The van der Waals surface area contributed by atoms with Crippen molar-refractivity contribution in [3.05, 3.63) is 108 Å². The Kier molecular flexibility index (Phi) is 6.30. The number of methoxy groups -OCH3 is 1. The van der Waals surface area contributed by atoms with Crippen molar-refractivity contribution in [1.29, 1.82) is 0 Å². The second kappa shape index (κ2) is 9.85. The van der Waals surface area contributed by atoms with Crippen molar-refractivity contribution >= 4 is 16.9 Å². The van der Waals surface area contributed by atoms with E-state index in [1.54, 1.807) is 13.3 Å². The summed E-state index contributed by atoms with van der Waals surface area (Å²) in [5, 5.41) is 3.18. The molecule has 5 rings (SSSR count). The van der Waals surface area contributed by atoms with Crippen LogP contribution in [0.15, 0.2) is 91.3 Å². The maximum atomic E-state index is 13.2. The first-order valence-corrected chi connectivity index (χ1v) is 11.6. The van der Waals surface area contributed by atoms with Crippen LogP contribution in [0.2, 0.25) is 0 Å². The summed E-state index contributed by atoms with van der Waals surface area (Å²) in [4.78, 5) is 22.5. The molecule has 35 heavy (non-hydrogen) atoms. The van der Waals surface area contributed by atoms with Crippen molar-refractivity contribution in [1.82, 2.24) is 24.4 Å². The maximum Gasteiger partial charge on any atom is 0.221 e. The third-order valence-electron chi connectivity index (χ3n) is 6.09. The number of para-hydroxylation sites is 3. The van der Waals surface area contributed by atoms with E-state index in [4.69, 9.17) is 9.72 Å². The SMILES string of the molecule is COc1ccc(C(NC(=O)CCc2nc3ccccc3n2-c2ccccc2)c2nccn2C)cc1. The van der Waals surface area contributed by atoms with Gasteiger partial charge < -0.3 is 14.6 Å². The molecule has 0 aliphatic heterocycles. The predicted octanol–water partition coefficient (Wildman–Crippen LogP) is 4.61. The Labute approximate surface area is 204 Å². The lowest BCUT2D eigenvalue weighted by molar-refractivity contribution is -0.121. The van der Waals surface area contributed by atoms with E-state index in [1.165, 1.54) is 0 Å². The molecule has 0 aliphatic rings. The molecule has 2 aromatic heterocycles. The van der Waals surface area contributed by atoms with Crippen LogP contribution in [0.1, 0.15) is 29.7 Å². The third-order valence-corrected chi connectivity index (χ3v) is 6.09. The van der Waals surface area contributed by atoms with Crippen LogP contribution in [0, 0.1) is 0 Å². The van der Waals surface area contributed by atoms with E-state index < -0.39 is 0 Å². The molecule has 1 unspecified atom stereocenters. The van der Waals surface area contributed by atoms with Crippen molar-refractivity contribution in [2.45, 2.75) is 18.9 Å². The minimum Gasteiger partial charge on any atom is -0.497 e. The van der Waals surface area contributed by atoms with Crippen molar-refractivity contribution in [2.75, 3.05) is 7.11 Å². The fraction of sp³-hybridized carbons (Fsp3) is 0.179. The van der Waals surface area contributed by atoms with Crippen LogP contribution < -0.4 is 10.1 Å². The van der Waals surface area contributed by atoms with Gasteiger partial charge in [-0.05, 0) is 42.0 Å². The summed E-state index contributed by atoms with van der Waals surface area (Å²) in [6.07, 6.45) is 4.42. The molecule has 1 amide bonds. The number of imidazole rings is 2. The van der Waals surface area contributed by atoms with E-state index in [-0.39, 0.29) is 11.9 Å². The second-order valence-electron chi connectivity index (χ2n) is 8.36. The standard InChI is InChI=1S/C28H27N5O2/c1-32-19-18-29-28(32)27(20-12-14-22(35-2)15-13-20)31-26(34)17-16-25-30-23-10-6-7-11-24(23)33(25)21-8-4-3-5-9-21/h3-15,18-19,27H,16-17H2,1-2H3,(H,31,34). The lowest BCUT2D eigenvalue weighted by atomic mass is 10.1. The Morgan fingerprint density at radius 1 is 1.00 bits per heavy atom. The zero-order valence-corrected chi connectivity index (χ0v) is 19.8. The molecule has 176 valence electrons. The van der Waals surface area contributed by atoms with Gasteiger partial charge >= 0.3 is 0 Å². The molecule has 5 aromatic rings. The molecule has 7 heteroatoms. The number of ether oxygens (including phenoxy) is 1. The van der Waals surface area contributed by atoms with Crippen LogP contribution in [0.3, 0.4) is 0 Å². The summed E-state index contributed by atoms with van der Waals surface area (Å²) in [6, 6.07) is 25.5. The molecule has 1 atom stereocenters. The zero-order valence-electron chi connectivity index (χ0n) is 19.8. The quantitative estimate of drug-likeness (QED) is 0.363. The van der Waals surface area contributed by atoms with Crippen molar-refractivity contribution in [2.24, 2.45) is 7.05 Å². The second-order valence-corrected chi connectivity index (χ2v) is 8.36.